The molecule has 5 N–H and O–H groups in total. The summed E-state index contributed by atoms with van der Waals surface area (Å²) in [5, 5.41) is 24.8. The highest BCUT2D eigenvalue weighted by molar-refractivity contribution is 7.70. The number of imidazole rings is 1. The van der Waals surface area contributed by atoms with Gasteiger partial charge in [-0.3, -0.25) is 9.13 Å². The maximum Gasteiger partial charge on any atom is 0.340 e. The van der Waals surface area contributed by atoms with Gasteiger partial charge < -0.3 is 39.1 Å². The second kappa shape index (κ2) is 9.00. The van der Waals surface area contributed by atoms with Crippen LogP contribution in [-0.4, -0.2) is 89.3 Å². The van der Waals surface area contributed by atoms with Crippen LogP contribution in [0, 0.1) is 0 Å². The molecule has 4 rings (SSSR count). The Hall–Kier alpha value is -1.25. The van der Waals surface area contributed by atoms with Crippen LogP contribution in [-0.2, 0) is 18.4 Å². The third kappa shape index (κ3) is 5.44. The maximum atomic E-state index is 13.7. The molecule has 0 aliphatic carbocycles. The van der Waals surface area contributed by atoms with E-state index in [1.807, 2.05) is 0 Å². The third-order valence-electron chi connectivity index (χ3n) is 5.41. The Morgan fingerprint density at radius 2 is 1.97 bits per heavy atom. The smallest absolute Gasteiger partial charge is 0.340 e. The number of ether oxygens (including phenoxy) is 1. The van der Waals surface area contributed by atoms with E-state index >= 15 is 0 Å². The summed E-state index contributed by atoms with van der Waals surface area (Å²) < 4.78 is 61.7. The number of hydrogen-bond donors (Lipinski definition) is 5. The Labute approximate surface area is 195 Å². The van der Waals surface area contributed by atoms with Gasteiger partial charge in [-0.1, -0.05) is 11.6 Å². The molecular formula is C16H21ClF2N4O9P2. The summed E-state index contributed by atoms with van der Waals surface area (Å²) in [5.74, 6) is -4.33. The Kier molecular flexibility index (Phi) is 6.84. The fourth-order valence-electron chi connectivity index (χ4n) is 3.90. The molecule has 5 atom stereocenters. The van der Waals surface area contributed by atoms with Crippen molar-refractivity contribution in [1.29, 1.82) is 0 Å². The van der Waals surface area contributed by atoms with Gasteiger partial charge in [0.05, 0.1) is 25.0 Å². The molecule has 13 nitrogen and oxygen atoms in total. The van der Waals surface area contributed by atoms with Crippen molar-refractivity contribution in [3.8, 4) is 0 Å². The van der Waals surface area contributed by atoms with Crippen LogP contribution >= 0.6 is 26.8 Å². The van der Waals surface area contributed by atoms with E-state index in [1.54, 1.807) is 0 Å². The van der Waals surface area contributed by atoms with Crippen molar-refractivity contribution in [3.05, 3.63) is 23.2 Å². The highest BCUT2D eigenvalue weighted by Gasteiger charge is 2.47. The molecular weight excluding hydrogens is 528 g/mol. The molecule has 2 aliphatic heterocycles. The SMILES string of the molecule is O=P(O)(O)CP(=O)(O)OC[C@H]1O[C@@H](c2ncc3c(N4CCC(F)(F)C4)cc(Cl)nn23)[C@H](O)[C@@H]1O. The number of nitrogens with zero attached hydrogens (tertiary/aromatic N) is 4. The second-order valence-electron chi connectivity index (χ2n) is 8.11. The van der Waals surface area contributed by atoms with Gasteiger partial charge in [0.1, 0.15) is 29.9 Å². The Morgan fingerprint density at radius 3 is 2.59 bits per heavy atom. The molecule has 34 heavy (non-hydrogen) atoms. The summed E-state index contributed by atoms with van der Waals surface area (Å²) in [6, 6.07) is 1.40. The molecule has 1 unspecified atom stereocenters. The molecule has 0 saturated carbocycles. The molecule has 2 aromatic heterocycles. The number of halogens is 3. The van der Waals surface area contributed by atoms with Gasteiger partial charge in [0.25, 0.3) is 5.92 Å². The van der Waals surface area contributed by atoms with Crippen LogP contribution in [0.5, 0.6) is 0 Å². The molecule has 0 amide bonds. The lowest BCUT2D eigenvalue weighted by molar-refractivity contribution is -0.0217. The van der Waals surface area contributed by atoms with E-state index in [4.69, 9.17) is 26.1 Å². The third-order valence-corrected chi connectivity index (χ3v) is 9.05. The lowest BCUT2D eigenvalue weighted by atomic mass is 10.1. The number of aromatic nitrogens is 3. The zero-order chi connectivity index (χ0) is 25.1. The van der Waals surface area contributed by atoms with E-state index < -0.39 is 64.6 Å². The monoisotopic (exact) mass is 548 g/mol. The van der Waals surface area contributed by atoms with Gasteiger partial charge in [-0.2, -0.15) is 5.10 Å². The summed E-state index contributed by atoms with van der Waals surface area (Å²) in [6.45, 7) is -1.23. The average Bonchev–Trinajstić information content (AvgIpc) is 3.34. The van der Waals surface area contributed by atoms with Crippen LogP contribution in [0.2, 0.25) is 5.15 Å². The summed E-state index contributed by atoms with van der Waals surface area (Å²) >= 11 is 6.09. The predicted molar refractivity (Wildman–Crippen MR) is 112 cm³/mol. The van der Waals surface area contributed by atoms with Crippen LogP contribution in [0.4, 0.5) is 14.5 Å². The van der Waals surface area contributed by atoms with Gasteiger partial charge in [0.15, 0.2) is 16.9 Å². The van der Waals surface area contributed by atoms with E-state index in [1.165, 1.54) is 21.7 Å². The Morgan fingerprint density at radius 1 is 1.26 bits per heavy atom. The molecule has 18 heteroatoms. The molecule has 0 radical (unpaired) electrons. The van der Waals surface area contributed by atoms with Crippen molar-refractivity contribution >= 4 is 38.0 Å². The predicted octanol–water partition coefficient (Wildman–Crippen LogP) is 0.727. The fraction of sp³-hybridized carbons (Fsp3) is 0.625. The van der Waals surface area contributed by atoms with Gasteiger partial charge in [-0.15, -0.1) is 0 Å². The maximum absolute atomic E-state index is 13.7. The van der Waals surface area contributed by atoms with Gasteiger partial charge in [0.2, 0.25) is 0 Å². The Balaban J connectivity index is 1.56. The van der Waals surface area contributed by atoms with E-state index in [0.29, 0.717) is 11.2 Å². The average molecular weight is 549 g/mol. The van der Waals surface area contributed by atoms with E-state index in [9.17, 15) is 33.0 Å². The summed E-state index contributed by atoms with van der Waals surface area (Å²) in [6.07, 6.45) is -4.92. The first-order chi connectivity index (χ1) is 15.7. The van der Waals surface area contributed by atoms with E-state index in [0.717, 1.165) is 0 Å². The van der Waals surface area contributed by atoms with Crippen molar-refractivity contribution in [2.45, 2.75) is 36.8 Å². The molecule has 0 bridgehead atoms. The van der Waals surface area contributed by atoms with Crippen LogP contribution in [0.25, 0.3) is 5.52 Å². The van der Waals surface area contributed by atoms with Gasteiger partial charge in [-0.05, 0) is 0 Å². The zero-order valence-electron chi connectivity index (χ0n) is 17.2. The van der Waals surface area contributed by atoms with E-state index in [2.05, 4.69) is 14.6 Å². The lowest BCUT2D eigenvalue weighted by Crippen LogP contribution is -2.33. The van der Waals surface area contributed by atoms with Crippen molar-refractivity contribution in [1.82, 2.24) is 14.6 Å². The number of hydrogen-bond acceptors (Lipinski definition) is 9. The van der Waals surface area contributed by atoms with Gasteiger partial charge in [0, 0.05) is 19.0 Å². The zero-order valence-corrected chi connectivity index (χ0v) is 19.7. The number of anilines is 1. The summed E-state index contributed by atoms with van der Waals surface area (Å²) in [4.78, 5) is 32.9. The van der Waals surface area contributed by atoms with Crippen molar-refractivity contribution in [2.24, 2.45) is 0 Å². The molecule has 190 valence electrons. The molecule has 2 aromatic rings. The minimum absolute atomic E-state index is 0.0267. The first-order valence-corrected chi connectivity index (χ1v) is 13.8. The minimum atomic E-state index is -4.86. The summed E-state index contributed by atoms with van der Waals surface area (Å²) in [5.41, 5.74) is 0.631. The van der Waals surface area contributed by atoms with Gasteiger partial charge >= 0.3 is 15.2 Å². The second-order valence-corrected chi connectivity index (χ2v) is 12.5. The highest BCUT2D eigenvalue weighted by atomic mass is 35.5. The van der Waals surface area contributed by atoms with Crippen LogP contribution in [0.15, 0.2) is 12.3 Å². The molecule has 2 fully saturated rings. The number of aliphatic hydroxyl groups excluding tert-OH is 2. The first kappa shape index (κ1) is 25.8. The molecule has 2 aliphatic rings. The van der Waals surface area contributed by atoms with Crippen molar-refractivity contribution < 1.29 is 52.1 Å². The quantitative estimate of drug-likeness (QED) is 0.306. The van der Waals surface area contributed by atoms with Crippen molar-refractivity contribution in [2.75, 3.05) is 30.5 Å². The fourth-order valence-corrected chi connectivity index (χ4v) is 6.65. The van der Waals surface area contributed by atoms with Crippen LogP contribution < -0.4 is 4.90 Å². The van der Waals surface area contributed by atoms with Crippen LogP contribution in [0.1, 0.15) is 18.3 Å². The molecule has 2 saturated heterocycles. The number of alkyl halides is 2. The van der Waals surface area contributed by atoms with Crippen LogP contribution in [0.3, 0.4) is 0 Å². The highest BCUT2D eigenvalue weighted by Crippen LogP contribution is 2.55. The van der Waals surface area contributed by atoms with E-state index in [-0.39, 0.29) is 23.9 Å². The molecule has 0 aromatic carbocycles. The topological polar surface area (TPSA) is 187 Å². The number of rotatable bonds is 7. The minimum Gasteiger partial charge on any atom is -0.387 e. The molecule has 0 spiro atoms. The Bertz CT molecular complexity index is 1180. The summed E-state index contributed by atoms with van der Waals surface area (Å²) in [7, 11) is -9.58. The largest absolute Gasteiger partial charge is 0.387 e. The number of fused-ring (bicyclic) bond motifs is 1. The van der Waals surface area contributed by atoms with Gasteiger partial charge in [-0.25, -0.2) is 18.3 Å². The normalized spacial score (nSPS) is 29.1. The first-order valence-electron chi connectivity index (χ1n) is 9.85. The standard InChI is InChI=1S/C16H21ClF2N4O9P2/c17-11-3-8(22-2-1-16(18,19)6-22)9-4-20-15(23(9)21-11)14-13(25)12(24)10(32-14)5-31-34(29,30)7-33(26,27)28/h3-4,10,12-14,24-25H,1-2,5-7H2,(H,29,30)(H2,26,27,28)/t10-,12-,13-,14-/m1/s1. The number of aliphatic hydroxyl groups is 2. The van der Waals surface area contributed by atoms with Crippen molar-refractivity contribution in [3.63, 3.8) is 0 Å². The lowest BCUT2D eigenvalue weighted by Gasteiger charge is -2.20. The molecule has 4 heterocycles.